The van der Waals surface area contributed by atoms with E-state index in [9.17, 15) is 13.2 Å². The first-order chi connectivity index (χ1) is 12.9. The van der Waals surface area contributed by atoms with Crippen LogP contribution in [0.5, 0.6) is 0 Å². The number of fused-ring (bicyclic) bond motifs is 1. The molecule has 2 saturated carbocycles. The highest BCUT2D eigenvalue weighted by Crippen LogP contribution is 2.57. The summed E-state index contributed by atoms with van der Waals surface area (Å²) in [5, 5.41) is 0. The van der Waals surface area contributed by atoms with Crippen LogP contribution < -0.4 is 5.73 Å². The molecule has 0 radical (unpaired) electrons. The molecule has 3 fully saturated rings. The maximum Gasteiger partial charge on any atom is 0.419 e. The molecule has 3 aliphatic rings. The van der Waals surface area contributed by atoms with Crippen molar-refractivity contribution in [1.82, 2.24) is 19.4 Å². The number of imidazole rings is 1. The Hall–Kier alpha value is -2.09. The zero-order chi connectivity index (χ0) is 18.9. The molecule has 27 heavy (non-hydrogen) atoms. The van der Waals surface area contributed by atoms with Crippen molar-refractivity contribution in [3.05, 3.63) is 29.8 Å². The quantitative estimate of drug-likeness (QED) is 0.885. The summed E-state index contributed by atoms with van der Waals surface area (Å²) >= 11 is 0. The summed E-state index contributed by atoms with van der Waals surface area (Å²) in [4.78, 5) is 10.9. The number of nitrogens with two attached hydrogens (primary N) is 1. The number of halogens is 3. The van der Waals surface area contributed by atoms with Crippen LogP contribution in [0.25, 0.3) is 11.3 Å². The van der Waals surface area contributed by atoms with Crippen molar-refractivity contribution in [3.8, 4) is 11.3 Å². The van der Waals surface area contributed by atoms with E-state index in [1.54, 1.807) is 0 Å². The number of nitrogen functional groups attached to an aromatic ring is 1. The molecule has 2 aliphatic carbocycles. The molecule has 1 saturated heterocycles. The fourth-order valence-corrected chi connectivity index (χ4v) is 4.53. The predicted molar refractivity (Wildman–Crippen MR) is 95.0 cm³/mol. The average molecular weight is 377 g/mol. The number of hydrogen-bond acceptors (Lipinski definition) is 4. The lowest BCUT2D eigenvalue weighted by Gasteiger charge is -2.18. The summed E-state index contributed by atoms with van der Waals surface area (Å²) in [6.07, 6.45) is 1.01. The van der Waals surface area contributed by atoms with E-state index < -0.39 is 17.6 Å². The number of likely N-dealkylation sites (tertiary alicyclic amines) is 1. The van der Waals surface area contributed by atoms with Gasteiger partial charge in [0.2, 0.25) is 0 Å². The lowest BCUT2D eigenvalue weighted by atomic mass is 10.1. The van der Waals surface area contributed by atoms with Gasteiger partial charge in [0.15, 0.2) is 0 Å². The standard InChI is InChI=1S/C19H22F3N5/c1-2-26-7-12-13(8-26)16(12)27-9-15(25-18(27)10-3-4-10)11-5-14(19(20,21)22)17(23)24-6-11/h5-6,9-10,12-13,16H,2-4,7-8H2,1H3,(H2,23,24)/t12-,13+,16?. The number of hydrogen-bond donors (Lipinski definition) is 1. The molecule has 2 aromatic heterocycles. The molecule has 0 aromatic carbocycles. The van der Waals surface area contributed by atoms with Crippen molar-refractivity contribution in [2.24, 2.45) is 11.8 Å². The van der Waals surface area contributed by atoms with Gasteiger partial charge < -0.3 is 15.2 Å². The second kappa shape index (κ2) is 5.70. The number of anilines is 1. The van der Waals surface area contributed by atoms with E-state index in [4.69, 9.17) is 10.7 Å². The van der Waals surface area contributed by atoms with Crippen LogP contribution in [0.3, 0.4) is 0 Å². The van der Waals surface area contributed by atoms with Gasteiger partial charge in [-0.25, -0.2) is 9.97 Å². The first-order valence-electron chi connectivity index (χ1n) is 9.51. The van der Waals surface area contributed by atoms with Gasteiger partial charge in [-0.1, -0.05) is 6.92 Å². The molecule has 5 nitrogen and oxygen atoms in total. The Labute approximate surface area is 155 Å². The Morgan fingerprint density at radius 2 is 1.93 bits per heavy atom. The smallest absolute Gasteiger partial charge is 0.383 e. The van der Waals surface area contributed by atoms with Gasteiger partial charge in [0, 0.05) is 43.0 Å². The number of nitrogens with zero attached hydrogens (tertiary/aromatic N) is 4. The second-order valence-corrected chi connectivity index (χ2v) is 7.99. The SMILES string of the molecule is CCN1C[C@@H]2C(n3cc(-c4cnc(N)c(C(F)(F)F)c4)nc3C3CC3)[C@@H]2C1. The summed E-state index contributed by atoms with van der Waals surface area (Å²) in [6.45, 7) is 5.45. The Bertz CT molecular complexity index is 874. The molecule has 3 heterocycles. The third kappa shape index (κ3) is 2.81. The molecule has 5 rings (SSSR count). The van der Waals surface area contributed by atoms with Crippen LogP contribution in [0.2, 0.25) is 0 Å². The first kappa shape index (κ1) is 17.0. The lowest BCUT2D eigenvalue weighted by molar-refractivity contribution is -0.137. The third-order valence-corrected chi connectivity index (χ3v) is 6.22. The monoisotopic (exact) mass is 377 g/mol. The molecule has 1 unspecified atom stereocenters. The molecule has 1 aliphatic heterocycles. The average Bonchev–Trinajstić information content (AvgIpc) is 3.49. The summed E-state index contributed by atoms with van der Waals surface area (Å²) in [7, 11) is 0. The second-order valence-electron chi connectivity index (χ2n) is 7.99. The van der Waals surface area contributed by atoms with Gasteiger partial charge in [0.1, 0.15) is 11.6 Å². The Morgan fingerprint density at radius 1 is 1.22 bits per heavy atom. The van der Waals surface area contributed by atoms with Crippen molar-refractivity contribution in [3.63, 3.8) is 0 Å². The van der Waals surface area contributed by atoms with Crippen molar-refractivity contribution >= 4 is 5.82 Å². The van der Waals surface area contributed by atoms with Gasteiger partial charge in [0.25, 0.3) is 0 Å². The van der Waals surface area contributed by atoms with E-state index in [0.717, 1.165) is 44.4 Å². The van der Waals surface area contributed by atoms with Crippen molar-refractivity contribution in [2.75, 3.05) is 25.4 Å². The van der Waals surface area contributed by atoms with E-state index in [-0.39, 0.29) is 0 Å². The number of rotatable bonds is 4. The highest BCUT2D eigenvalue weighted by molar-refractivity contribution is 5.62. The minimum atomic E-state index is -4.52. The Morgan fingerprint density at radius 3 is 2.52 bits per heavy atom. The van der Waals surface area contributed by atoms with Crippen molar-refractivity contribution in [1.29, 1.82) is 0 Å². The van der Waals surface area contributed by atoms with E-state index in [0.29, 0.717) is 35.1 Å². The highest BCUT2D eigenvalue weighted by Gasteiger charge is 2.57. The molecule has 0 bridgehead atoms. The summed E-state index contributed by atoms with van der Waals surface area (Å²) in [5.74, 6) is 2.24. The van der Waals surface area contributed by atoms with Crippen molar-refractivity contribution < 1.29 is 13.2 Å². The molecule has 8 heteroatoms. The van der Waals surface area contributed by atoms with Crippen LogP contribution in [0.1, 0.15) is 43.1 Å². The van der Waals surface area contributed by atoms with Crippen LogP contribution in [-0.2, 0) is 6.18 Å². The topological polar surface area (TPSA) is 60.0 Å². The fourth-order valence-electron chi connectivity index (χ4n) is 4.53. The molecule has 0 spiro atoms. The maximum atomic E-state index is 13.2. The Balaban J connectivity index is 1.49. The van der Waals surface area contributed by atoms with Gasteiger partial charge >= 0.3 is 6.18 Å². The largest absolute Gasteiger partial charge is 0.419 e. The number of pyridine rings is 1. The summed E-state index contributed by atoms with van der Waals surface area (Å²) < 4.78 is 41.8. The maximum absolute atomic E-state index is 13.2. The Kier molecular flexibility index (Phi) is 3.60. The number of aromatic nitrogens is 3. The van der Waals surface area contributed by atoms with Crippen LogP contribution >= 0.6 is 0 Å². The molecular weight excluding hydrogens is 355 g/mol. The van der Waals surface area contributed by atoms with Crippen LogP contribution in [0.4, 0.5) is 19.0 Å². The lowest BCUT2D eigenvalue weighted by Crippen LogP contribution is -2.24. The number of piperidine rings is 1. The fraction of sp³-hybridized carbons (Fsp3) is 0.579. The van der Waals surface area contributed by atoms with Gasteiger partial charge in [0.05, 0.1) is 11.3 Å². The minimum absolute atomic E-state index is 0.373. The van der Waals surface area contributed by atoms with Gasteiger partial charge in [-0.15, -0.1) is 0 Å². The van der Waals surface area contributed by atoms with Crippen LogP contribution in [-0.4, -0.2) is 39.1 Å². The van der Waals surface area contributed by atoms with E-state index in [2.05, 4.69) is 21.4 Å². The molecule has 3 atom stereocenters. The van der Waals surface area contributed by atoms with Gasteiger partial charge in [-0.2, -0.15) is 13.2 Å². The zero-order valence-corrected chi connectivity index (χ0v) is 15.1. The van der Waals surface area contributed by atoms with Crippen LogP contribution in [0.15, 0.2) is 18.5 Å². The van der Waals surface area contributed by atoms with Crippen LogP contribution in [0, 0.1) is 11.8 Å². The summed E-state index contributed by atoms with van der Waals surface area (Å²) in [5.41, 5.74) is 5.47. The predicted octanol–water partition coefficient (Wildman–Crippen LogP) is 3.55. The molecule has 2 aromatic rings. The normalized spacial score (nSPS) is 27.8. The molecule has 2 N–H and O–H groups in total. The summed E-state index contributed by atoms with van der Waals surface area (Å²) in [6, 6.07) is 1.51. The zero-order valence-electron chi connectivity index (χ0n) is 15.1. The molecule has 144 valence electrons. The van der Waals surface area contributed by atoms with E-state index in [1.165, 1.54) is 6.20 Å². The highest BCUT2D eigenvalue weighted by atomic mass is 19.4. The molecular formula is C19H22F3N5. The molecule has 0 amide bonds. The van der Waals surface area contributed by atoms with E-state index >= 15 is 0 Å². The van der Waals surface area contributed by atoms with Gasteiger partial charge in [-0.3, -0.25) is 0 Å². The van der Waals surface area contributed by atoms with E-state index in [1.807, 2.05) is 6.20 Å². The van der Waals surface area contributed by atoms with Crippen molar-refractivity contribution in [2.45, 2.75) is 37.9 Å². The first-order valence-corrected chi connectivity index (χ1v) is 9.51. The van der Waals surface area contributed by atoms with Gasteiger partial charge in [-0.05, 0) is 37.3 Å². The third-order valence-electron chi connectivity index (χ3n) is 6.22. The minimum Gasteiger partial charge on any atom is -0.383 e. The number of alkyl halides is 3.